The molecule has 0 aliphatic rings. The zero-order valence-corrected chi connectivity index (χ0v) is 14.3. The van der Waals surface area contributed by atoms with Gasteiger partial charge >= 0.3 is 0 Å². The zero-order chi connectivity index (χ0) is 17.1. The normalized spacial score (nSPS) is 10.8. The maximum absolute atomic E-state index is 10.2. The summed E-state index contributed by atoms with van der Waals surface area (Å²) in [5.74, 6) is 0.430. The highest BCUT2D eigenvalue weighted by molar-refractivity contribution is 6.31. The monoisotopic (exact) mass is 358 g/mol. The van der Waals surface area contributed by atoms with Crippen LogP contribution >= 0.6 is 23.2 Å². The van der Waals surface area contributed by atoms with Crippen molar-refractivity contribution >= 4 is 23.2 Å². The van der Waals surface area contributed by atoms with Crippen molar-refractivity contribution in [2.75, 3.05) is 0 Å². The van der Waals surface area contributed by atoms with Crippen molar-refractivity contribution in [1.29, 1.82) is 0 Å². The molecule has 0 radical (unpaired) electrons. The lowest BCUT2D eigenvalue weighted by Gasteiger charge is -2.12. The second kappa shape index (κ2) is 7.16. The Labute approximate surface area is 150 Å². The molecule has 3 rings (SSSR count). The topological polar surface area (TPSA) is 40.5 Å². The number of aryl methyl sites for hydroxylation is 2. The van der Waals surface area contributed by atoms with Gasteiger partial charge in [-0.05, 0) is 65.9 Å². The van der Waals surface area contributed by atoms with Crippen LogP contribution in [0.25, 0.3) is 11.1 Å². The van der Waals surface area contributed by atoms with Gasteiger partial charge in [0.25, 0.3) is 0 Å². The first kappa shape index (κ1) is 16.7. The van der Waals surface area contributed by atoms with Crippen molar-refractivity contribution in [3.8, 4) is 22.6 Å². The van der Waals surface area contributed by atoms with E-state index < -0.39 is 0 Å². The number of phenols is 2. The van der Waals surface area contributed by atoms with Crippen molar-refractivity contribution < 1.29 is 10.2 Å². The first-order valence-corrected chi connectivity index (χ1v) is 8.34. The minimum Gasteiger partial charge on any atom is -0.508 e. The Morgan fingerprint density at radius 2 is 1.25 bits per heavy atom. The number of phenolic OH excluding ortho intramolecular Hbond substituents is 2. The molecule has 4 heteroatoms. The molecule has 0 fully saturated rings. The van der Waals surface area contributed by atoms with E-state index in [1.165, 1.54) is 0 Å². The van der Waals surface area contributed by atoms with Gasteiger partial charge in [-0.1, -0.05) is 47.5 Å². The summed E-state index contributed by atoms with van der Waals surface area (Å²) in [6.07, 6.45) is 1.35. The molecule has 2 N–H and O–H groups in total. The van der Waals surface area contributed by atoms with E-state index >= 15 is 0 Å². The summed E-state index contributed by atoms with van der Waals surface area (Å²) >= 11 is 12.1. The quantitative estimate of drug-likeness (QED) is 0.613. The number of rotatable bonds is 4. The molecule has 3 aromatic rings. The van der Waals surface area contributed by atoms with Crippen molar-refractivity contribution in [2.24, 2.45) is 0 Å². The summed E-state index contributed by atoms with van der Waals surface area (Å²) in [5.41, 5.74) is 3.49. The van der Waals surface area contributed by atoms with Crippen LogP contribution in [0.2, 0.25) is 10.0 Å². The third-order valence-electron chi connectivity index (χ3n) is 3.97. The molecule has 0 atom stereocenters. The number of aromatic hydroxyl groups is 2. The molecule has 0 aliphatic heterocycles. The SMILES string of the molecule is Oc1ccc(Cl)cc1CCc1ccccc1-c1cc(Cl)ccc1O. The Morgan fingerprint density at radius 3 is 2.04 bits per heavy atom. The van der Waals surface area contributed by atoms with Crippen LogP contribution in [-0.2, 0) is 12.8 Å². The summed E-state index contributed by atoms with van der Waals surface area (Å²) in [6, 6.07) is 17.9. The average Bonchev–Trinajstić information content (AvgIpc) is 2.58. The third kappa shape index (κ3) is 3.66. The fourth-order valence-electron chi connectivity index (χ4n) is 2.75. The van der Waals surface area contributed by atoms with E-state index in [0.29, 0.717) is 28.5 Å². The van der Waals surface area contributed by atoms with Crippen LogP contribution in [0, 0.1) is 0 Å². The zero-order valence-electron chi connectivity index (χ0n) is 12.8. The van der Waals surface area contributed by atoms with E-state index in [9.17, 15) is 10.2 Å². The van der Waals surface area contributed by atoms with E-state index in [0.717, 1.165) is 16.7 Å². The predicted molar refractivity (Wildman–Crippen MR) is 99.1 cm³/mol. The average molecular weight is 359 g/mol. The summed E-state index contributed by atoms with van der Waals surface area (Å²) in [7, 11) is 0. The van der Waals surface area contributed by atoms with Crippen molar-refractivity contribution in [1.82, 2.24) is 0 Å². The highest BCUT2D eigenvalue weighted by Crippen LogP contribution is 2.34. The molecule has 0 unspecified atom stereocenters. The lowest BCUT2D eigenvalue weighted by molar-refractivity contribution is 0.468. The molecule has 3 aromatic carbocycles. The number of halogens is 2. The minimum absolute atomic E-state index is 0.192. The van der Waals surface area contributed by atoms with Gasteiger partial charge in [0.2, 0.25) is 0 Å². The van der Waals surface area contributed by atoms with E-state index in [2.05, 4.69) is 0 Å². The third-order valence-corrected chi connectivity index (χ3v) is 4.44. The summed E-state index contributed by atoms with van der Waals surface area (Å²) in [4.78, 5) is 0. The van der Waals surface area contributed by atoms with Gasteiger partial charge in [-0.3, -0.25) is 0 Å². The van der Waals surface area contributed by atoms with Crippen LogP contribution in [0.15, 0.2) is 60.7 Å². The molecule has 0 spiro atoms. The smallest absolute Gasteiger partial charge is 0.123 e. The summed E-state index contributed by atoms with van der Waals surface area (Å²) < 4.78 is 0. The summed E-state index contributed by atoms with van der Waals surface area (Å²) in [6.45, 7) is 0. The molecule has 2 nitrogen and oxygen atoms in total. The van der Waals surface area contributed by atoms with Crippen molar-refractivity contribution in [3.05, 3.63) is 81.8 Å². The largest absolute Gasteiger partial charge is 0.508 e. The Bertz CT molecular complexity index is 875. The molecule has 0 saturated heterocycles. The molecule has 0 heterocycles. The Kier molecular flexibility index (Phi) is 4.98. The van der Waals surface area contributed by atoms with E-state index in [1.54, 1.807) is 36.4 Å². The van der Waals surface area contributed by atoms with Crippen LogP contribution in [0.5, 0.6) is 11.5 Å². The van der Waals surface area contributed by atoms with Gasteiger partial charge in [0.15, 0.2) is 0 Å². The molecule has 24 heavy (non-hydrogen) atoms. The Hall–Kier alpha value is -2.16. The van der Waals surface area contributed by atoms with Crippen LogP contribution < -0.4 is 0 Å². The molecule has 122 valence electrons. The van der Waals surface area contributed by atoms with Gasteiger partial charge in [0, 0.05) is 15.6 Å². The van der Waals surface area contributed by atoms with E-state index in [1.807, 2.05) is 24.3 Å². The van der Waals surface area contributed by atoms with E-state index in [-0.39, 0.29) is 11.5 Å². The van der Waals surface area contributed by atoms with Gasteiger partial charge < -0.3 is 10.2 Å². The minimum atomic E-state index is 0.192. The van der Waals surface area contributed by atoms with Gasteiger partial charge in [-0.15, -0.1) is 0 Å². The Morgan fingerprint density at radius 1 is 0.625 bits per heavy atom. The van der Waals surface area contributed by atoms with Gasteiger partial charge in [-0.25, -0.2) is 0 Å². The fourth-order valence-corrected chi connectivity index (χ4v) is 3.12. The maximum atomic E-state index is 10.2. The second-order valence-electron chi connectivity index (χ2n) is 5.59. The molecule has 0 saturated carbocycles. The van der Waals surface area contributed by atoms with Gasteiger partial charge in [0.1, 0.15) is 11.5 Å². The van der Waals surface area contributed by atoms with Crippen LogP contribution in [-0.4, -0.2) is 10.2 Å². The molecular weight excluding hydrogens is 343 g/mol. The predicted octanol–water partition coefficient (Wildman–Crippen LogP) is 5.86. The van der Waals surface area contributed by atoms with E-state index in [4.69, 9.17) is 23.2 Å². The molecule has 0 bridgehead atoms. The standard InChI is InChI=1S/C20H16Cl2O2/c21-15-7-9-19(23)14(11-15)6-5-13-3-1-2-4-17(13)18-12-16(22)8-10-20(18)24/h1-4,7-12,23-24H,5-6H2. The number of hydrogen-bond donors (Lipinski definition) is 2. The van der Waals surface area contributed by atoms with Crippen molar-refractivity contribution in [2.45, 2.75) is 12.8 Å². The highest BCUT2D eigenvalue weighted by atomic mass is 35.5. The maximum Gasteiger partial charge on any atom is 0.123 e. The highest BCUT2D eigenvalue weighted by Gasteiger charge is 2.11. The molecule has 0 aromatic heterocycles. The van der Waals surface area contributed by atoms with Gasteiger partial charge in [-0.2, -0.15) is 0 Å². The van der Waals surface area contributed by atoms with Crippen molar-refractivity contribution in [3.63, 3.8) is 0 Å². The molecule has 0 amide bonds. The first-order chi connectivity index (χ1) is 11.5. The first-order valence-electron chi connectivity index (χ1n) is 7.59. The van der Waals surface area contributed by atoms with Crippen LogP contribution in [0.1, 0.15) is 11.1 Å². The number of benzene rings is 3. The van der Waals surface area contributed by atoms with Crippen LogP contribution in [0.3, 0.4) is 0 Å². The summed E-state index contributed by atoms with van der Waals surface area (Å²) in [5, 5.41) is 21.3. The lowest BCUT2D eigenvalue weighted by Crippen LogP contribution is -1.95. The van der Waals surface area contributed by atoms with Crippen LogP contribution in [0.4, 0.5) is 0 Å². The fraction of sp³-hybridized carbons (Fsp3) is 0.100. The lowest BCUT2D eigenvalue weighted by atomic mass is 9.94. The second-order valence-corrected chi connectivity index (χ2v) is 6.46. The Balaban J connectivity index is 1.92. The molecule has 0 aliphatic carbocycles. The molecular formula is C20H16Cl2O2. The number of hydrogen-bond acceptors (Lipinski definition) is 2. The van der Waals surface area contributed by atoms with Gasteiger partial charge in [0.05, 0.1) is 0 Å².